The number of amides is 1. The summed E-state index contributed by atoms with van der Waals surface area (Å²) in [5, 5.41) is 15.1. The molecule has 0 unspecified atom stereocenters. The van der Waals surface area contributed by atoms with E-state index in [0.717, 1.165) is 55.9 Å². The van der Waals surface area contributed by atoms with Crippen LogP contribution in [0.1, 0.15) is 50.7 Å². The van der Waals surface area contributed by atoms with Gasteiger partial charge in [-0.1, -0.05) is 5.16 Å². The van der Waals surface area contributed by atoms with E-state index in [1.54, 1.807) is 11.3 Å². The van der Waals surface area contributed by atoms with Crippen molar-refractivity contribution in [3.63, 3.8) is 0 Å². The summed E-state index contributed by atoms with van der Waals surface area (Å²) >= 11 is 1.69. The van der Waals surface area contributed by atoms with Gasteiger partial charge in [-0.25, -0.2) is 0 Å². The van der Waals surface area contributed by atoms with Gasteiger partial charge in [-0.15, -0.1) is 11.3 Å². The molecule has 2 aliphatic rings. The number of nitrogens with zero attached hydrogens (tertiary/aromatic N) is 4. The SMILES string of the molecule is Cc1noc(C)c1CN1CCc2c(C(=O)N3CCC(C#N)CC3)csc2C1. The Hall–Kier alpha value is -2.17. The van der Waals surface area contributed by atoms with Crippen molar-refractivity contribution >= 4 is 17.2 Å². The molecular weight excluding hydrogens is 360 g/mol. The van der Waals surface area contributed by atoms with Crippen molar-refractivity contribution in [1.82, 2.24) is 15.0 Å². The minimum Gasteiger partial charge on any atom is -0.361 e. The van der Waals surface area contributed by atoms with Gasteiger partial charge in [-0.3, -0.25) is 9.69 Å². The summed E-state index contributed by atoms with van der Waals surface area (Å²) in [6.07, 6.45) is 2.48. The molecule has 4 heterocycles. The molecule has 1 amide bonds. The first kappa shape index (κ1) is 18.2. The van der Waals surface area contributed by atoms with E-state index in [2.05, 4.69) is 16.1 Å². The number of likely N-dealkylation sites (tertiary alicyclic amines) is 1. The zero-order chi connectivity index (χ0) is 19.0. The maximum absolute atomic E-state index is 13.0. The number of hydrogen-bond acceptors (Lipinski definition) is 6. The predicted molar refractivity (Wildman–Crippen MR) is 102 cm³/mol. The van der Waals surface area contributed by atoms with Crippen LogP contribution in [0.3, 0.4) is 0 Å². The van der Waals surface area contributed by atoms with Crippen LogP contribution in [0.4, 0.5) is 0 Å². The van der Waals surface area contributed by atoms with E-state index >= 15 is 0 Å². The molecule has 0 N–H and O–H groups in total. The number of carbonyl (C=O) groups excluding carboxylic acids is 1. The second-order valence-electron chi connectivity index (χ2n) is 7.51. The van der Waals surface area contributed by atoms with Crippen LogP contribution >= 0.6 is 11.3 Å². The van der Waals surface area contributed by atoms with E-state index in [-0.39, 0.29) is 11.8 Å². The average Bonchev–Trinajstić information content (AvgIpc) is 3.25. The largest absolute Gasteiger partial charge is 0.361 e. The van der Waals surface area contributed by atoms with Crippen LogP contribution in [-0.4, -0.2) is 40.5 Å². The minimum atomic E-state index is 0.100. The Morgan fingerprint density at radius 1 is 1.37 bits per heavy atom. The number of carbonyl (C=O) groups is 1. The lowest BCUT2D eigenvalue weighted by Gasteiger charge is -2.30. The second kappa shape index (κ2) is 7.45. The zero-order valence-corrected chi connectivity index (χ0v) is 16.6. The Labute approximate surface area is 163 Å². The van der Waals surface area contributed by atoms with E-state index in [0.29, 0.717) is 13.1 Å². The highest BCUT2D eigenvalue weighted by Gasteiger charge is 2.29. The molecule has 1 saturated heterocycles. The molecule has 0 bridgehead atoms. The Bertz CT molecular complexity index is 867. The lowest BCUT2D eigenvalue weighted by molar-refractivity contribution is 0.0706. The molecule has 0 aliphatic carbocycles. The maximum Gasteiger partial charge on any atom is 0.254 e. The number of aryl methyl sites for hydroxylation is 2. The average molecular weight is 385 g/mol. The monoisotopic (exact) mass is 384 g/mol. The molecule has 2 aromatic heterocycles. The molecule has 1 fully saturated rings. The lowest BCUT2D eigenvalue weighted by Crippen LogP contribution is -2.39. The van der Waals surface area contributed by atoms with Crippen LogP contribution < -0.4 is 0 Å². The number of thiophene rings is 1. The lowest BCUT2D eigenvalue weighted by atomic mass is 9.97. The summed E-state index contributed by atoms with van der Waals surface area (Å²) in [5.74, 6) is 1.13. The van der Waals surface area contributed by atoms with E-state index < -0.39 is 0 Å². The molecule has 0 radical (unpaired) electrons. The van der Waals surface area contributed by atoms with Gasteiger partial charge in [-0.05, 0) is 38.7 Å². The number of rotatable bonds is 3. The Kier molecular flexibility index (Phi) is 5.02. The van der Waals surface area contributed by atoms with Gasteiger partial charge >= 0.3 is 0 Å². The van der Waals surface area contributed by atoms with E-state index in [9.17, 15) is 4.79 Å². The number of aromatic nitrogens is 1. The van der Waals surface area contributed by atoms with Crippen LogP contribution in [0.5, 0.6) is 0 Å². The number of fused-ring (bicyclic) bond motifs is 1. The molecule has 0 atom stereocenters. The molecule has 142 valence electrons. The first-order chi connectivity index (χ1) is 13.1. The van der Waals surface area contributed by atoms with Gasteiger partial charge in [-0.2, -0.15) is 5.26 Å². The Morgan fingerprint density at radius 3 is 2.81 bits per heavy atom. The summed E-state index contributed by atoms with van der Waals surface area (Å²) < 4.78 is 5.28. The van der Waals surface area contributed by atoms with Gasteiger partial charge in [0, 0.05) is 54.5 Å². The highest BCUT2D eigenvalue weighted by molar-refractivity contribution is 7.10. The van der Waals surface area contributed by atoms with Crippen molar-refractivity contribution < 1.29 is 9.32 Å². The number of nitriles is 1. The third-order valence-electron chi connectivity index (χ3n) is 5.78. The highest BCUT2D eigenvalue weighted by Crippen LogP contribution is 2.31. The summed E-state index contributed by atoms with van der Waals surface area (Å²) in [7, 11) is 0. The van der Waals surface area contributed by atoms with Gasteiger partial charge in [0.25, 0.3) is 5.91 Å². The fourth-order valence-corrected chi connectivity index (χ4v) is 5.14. The molecule has 0 spiro atoms. The first-order valence-electron chi connectivity index (χ1n) is 9.49. The van der Waals surface area contributed by atoms with E-state index in [1.165, 1.54) is 16.0 Å². The smallest absolute Gasteiger partial charge is 0.254 e. The van der Waals surface area contributed by atoms with E-state index in [4.69, 9.17) is 9.78 Å². The van der Waals surface area contributed by atoms with Crippen LogP contribution in [0.15, 0.2) is 9.90 Å². The van der Waals surface area contributed by atoms with Crippen molar-refractivity contribution in [2.24, 2.45) is 5.92 Å². The van der Waals surface area contributed by atoms with Crippen LogP contribution in [0.2, 0.25) is 0 Å². The molecule has 27 heavy (non-hydrogen) atoms. The van der Waals surface area contributed by atoms with Crippen LogP contribution in [-0.2, 0) is 19.5 Å². The van der Waals surface area contributed by atoms with Crippen molar-refractivity contribution in [2.75, 3.05) is 19.6 Å². The molecule has 0 aromatic carbocycles. The van der Waals surface area contributed by atoms with Crippen molar-refractivity contribution in [3.05, 3.63) is 38.4 Å². The summed E-state index contributed by atoms with van der Waals surface area (Å²) in [5.41, 5.74) is 4.23. The fourth-order valence-electron chi connectivity index (χ4n) is 4.03. The van der Waals surface area contributed by atoms with Gasteiger partial charge in [0.1, 0.15) is 5.76 Å². The summed E-state index contributed by atoms with van der Waals surface area (Å²) in [4.78, 5) is 18.6. The molecule has 6 nitrogen and oxygen atoms in total. The molecular formula is C20H24N4O2S. The molecule has 7 heteroatoms. The van der Waals surface area contributed by atoms with Gasteiger partial charge in [0.2, 0.25) is 0 Å². The Balaban J connectivity index is 1.44. The standard InChI is InChI=1S/C20H24N4O2S/c1-13-17(14(2)26-22-13)10-23-6-5-16-18(12-27-19(16)11-23)20(25)24-7-3-15(9-21)4-8-24/h12,15H,3-8,10-11H2,1-2H3. The first-order valence-corrected chi connectivity index (χ1v) is 10.4. The summed E-state index contributed by atoms with van der Waals surface area (Å²) in [6, 6.07) is 2.33. The zero-order valence-electron chi connectivity index (χ0n) is 15.8. The quantitative estimate of drug-likeness (QED) is 0.812. The van der Waals surface area contributed by atoms with Crippen molar-refractivity contribution in [3.8, 4) is 6.07 Å². The normalized spacial score (nSPS) is 18.3. The van der Waals surface area contributed by atoms with Crippen molar-refractivity contribution in [1.29, 1.82) is 5.26 Å². The van der Waals surface area contributed by atoms with Gasteiger partial charge in [0.15, 0.2) is 0 Å². The van der Waals surface area contributed by atoms with Gasteiger partial charge < -0.3 is 9.42 Å². The third kappa shape index (κ3) is 3.52. The second-order valence-corrected chi connectivity index (χ2v) is 8.47. The highest BCUT2D eigenvalue weighted by atomic mass is 32.1. The Morgan fingerprint density at radius 2 is 2.15 bits per heavy atom. The molecule has 4 rings (SSSR count). The molecule has 0 saturated carbocycles. The molecule has 2 aromatic rings. The maximum atomic E-state index is 13.0. The third-order valence-corrected chi connectivity index (χ3v) is 6.80. The molecule has 2 aliphatic heterocycles. The van der Waals surface area contributed by atoms with E-state index in [1.807, 2.05) is 24.1 Å². The van der Waals surface area contributed by atoms with Crippen LogP contribution in [0.25, 0.3) is 0 Å². The van der Waals surface area contributed by atoms with Crippen molar-refractivity contribution in [2.45, 2.75) is 46.2 Å². The van der Waals surface area contributed by atoms with Crippen LogP contribution in [0, 0.1) is 31.1 Å². The fraction of sp³-hybridized carbons (Fsp3) is 0.550. The predicted octanol–water partition coefficient (Wildman–Crippen LogP) is 3.29. The summed E-state index contributed by atoms with van der Waals surface area (Å²) in [6.45, 7) is 7.97. The topological polar surface area (TPSA) is 73.4 Å². The number of piperidine rings is 1. The minimum absolute atomic E-state index is 0.100. The number of hydrogen-bond donors (Lipinski definition) is 0. The van der Waals surface area contributed by atoms with Gasteiger partial charge in [0.05, 0.1) is 17.3 Å².